The van der Waals surface area contributed by atoms with Crippen molar-refractivity contribution >= 4 is 11.9 Å². The number of nitrogens with one attached hydrogen (secondary N) is 1. The molecule has 5 heteroatoms. The third-order valence-electron chi connectivity index (χ3n) is 4.20. The molecule has 1 aromatic carbocycles. The highest BCUT2D eigenvalue weighted by Gasteiger charge is 2.34. The lowest BCUT2D eigenvalue weighted by Crippen LogP contribution is -2.49. The normalized spacial score (nSPS) is 21.0. The lowest BCUT2D eigenvalue weighted by molar-refractivity contribution is -0.151. The summed E-state index contributed by atoms with van der Waals surface area (Å²) < 4.78 is 0. The molecule has 1 aliphatic carbocycles. The van der Waals surface area contributed by atoms with E-state index in [0.29, 0.717) is 32.0 Å². The number of carbonyl (C=O) groups excluding carboxylic acids is 1. The first kappa shape index (κ1) is 14.1. The maximum Gasteiger partial charge on any atom is 0.326 e. The Bertz CT molecular complexity index is 554. The second-order valence-electron chi connectivity index (χ2n) is 5.83. The van der Waals surface area contributed by atoms with Crippen LogP contribution in [0.2, 0.25) is 0 Å². The van der Waals surface area contributed by atoms with Gasteiger partial charge in [-0.2, -0.15) is 0 Å². The number of amides is 1. The lowest BCUT2D eigenvalue weighted by Gasteiger charge is -2.34. The monoisotopic (exact) mass is 288 g/mol. The number of hydrogen-bond donors (Lipinski definition) is 2. The molecule has 0 aromatic heterocycles. The number of hydrogen-bond acceptors (Lipinski definition) is 3. The summed E-state index contributed by atoms with van der Waals surface area (Å²) in [6, 6.07) is 7.58. The van der Waals surface area contributed by atoms with Crippen molar-refractivity contribution in [3.63, 3.8) is 0 Å². The molecule has 1 heterocycles. The van der Waals surface area contributed by atoms with E-state index in [4.69, 9.17) is 0 Å². The van der Waals surface area contributed by atoms with E-state index in [-0.39, 0.29) is 5.91 Å². The Kier molecular flexibility index (Phi) is 3.92. The maximum absolute atomic E-state index is 12.3. The molecule has 112 valence electrons. The Hall–Kier alpha value is -1.88. The van der Waals surface area contributed by atoms with Crippen molar-refractivity contribution in [2.24, 2.45) is 0 Å². The van der Waals surface area contributed by atoms with E-state index >= 15 is 0 Å². The van der Waals surface area contributed by atoms with Crippen LogP contribution in [0, 0.1) is 0 Å². The van der Waals surface area contributed by atoms with Crippen molar-refractivity contribution in [2.45, 2.75) is 44.3 Å². The number of carboxylic acid groups (broad SMARTS) is 1. The van der Waals surface area contributed by atoms with Crippen LogP contribution in [0.25, 0.3) is 0 Å². The van der Waals surface area contributed by atoms with Crippen molar-refractivity contribution in [1.29, 1.82) is 0 Å². The van der Waals surface area contributed by atoms with Gasteiger partial charge in [0.15, 0.2) is 0 Å². The minimum absolute atomic E-state index is 0.0787. The molecule has 5 nitrogen and oxygen atoms in total. The fourth-order valence-electron chi connectivity index (χ4n) is 2.82. The molecule has 0 radical (unpaired) electrons. The molecule has 0 spiro atoms. The average molecular weight is 288 g/mol. The SMILES string of the molecule is O=C(O)[C@H]1Cc2ccccc2CN1C(=O)CCNC1CC1. The quantitative estimate of drug-likeness (QED) is 0.853. The first-order valence-corrected chi connectivity index (χ1v) is 7.47. The molecule has 1 aliphatic heterocycles. The smallest absolute Gasteiger partial charge is 0.326 e. The van der Waals surface area contributed by atoms with E-state index in [1.807, 2.05) is 24.3 Å². The van der Waals surface area contributed by atoms with Crippen LogP contribution >= 0.6 is 0 Å². The molecule has 2 aliphatic rings. The molecule has 0 saturated heterocycles. The summed E-state index contributed by atoms with van der Waals surface area (Å²) in [4.78, 5) is 25.3. The molecule has 1 atom stereocenters. The van der Waals surface area contributed by atoms with Gasteiger partial charge >= 0.3 is 5.97 Å². The minimum atomic E-state index is -0.923. The van der Waals surface area contributed by atoms with Crippen LogP contribution < -0.4 is 5.32 Å². The summed E-state index contributed by atoms with van der Waals surface area (Å²) in [6.07, 6.45) is 3.13. The topological polar surface area (TPSA) is 69.6 Å². The number of aliphatic carboxylic acids is 1. The predicted molar refractivity (Wildman–Crippen MR) is 77.8 cm³/mol. The summed E-state index contributed by atoms with van der Waals surface area (Å²) in [5.74, 6) is -1.00. The van der Waals surface area contributed by atoms with Gasteiger partial charge in [0.1, 0.15) is 6.04 Å². The van der Waals surface area contributed by atoms with Crippen LogP contribution in [0.4, 0.5) is 0 Å². The Morgan fingerprint density at radius 3 is 2.62 bits per heavy atom. The van der Waals surface area contributed by atoms with E-state index in [1.54, 1.807) is 0 Å². The van der Waals surface area contributed by atoms with Gasteiger partial charge < -0.3 is 15.3 Å². The van der Waals surface area contributed by atoms with Crippen LogP contribution in [0.5, 0.6) is 0 Å². The van der Waals surface area contributed by atoms with Crippen LogP contribution in [0.3, 0.4) is 0 Å². The van der Waals surface area contributed by atoms with Gasteiger partial charge in [0, 0.05) is 32.0 Å². The molecule has 1 fully saturated rings. The van der Waals surface area contributed by atoms with E-state index in [1.165, 1.54) is 17.7 Å². The number of carbonyl (C=O) groups is 2. The van der Waals surface area contributed by atoms with Gasteiger partial charge in [0.25, 0.3) is 0 Å². The van der Waals surface area contributed by atoms with Crippen molar-refractivity contribution in [3.8, 4) is 0 Å². The second-order valence-corrected chi connectivity index (χ2v) is 5.83. The summed E-state index contributed by atoms with van der Waals surface area (Å²) >= 11 is 0. The highest BCUT2D eigenvalue weighted by Crippen LogP contribution is 2.24. The maximum atomic E-state index is 12.3. The van der Waals surface area contributed by atoms with Gasteiger partial charge in [-0.15, -0.1) is 0 Å². The van der Waals surface area contributed by atoms with Gasteiger partial charge in [-0.1, -0.05) is 24.3 Å². The van der Waals surface area contributed by atoms with E-state index in [9.17, 15) is 14.7 Å². The average Bonchev–Trinajstić information content (AvgIpc) is 3.30. The second kappa shape index (κ2) is 5.85. The van der Waals surface area contributed by atoms with Gasteiger partial charge in [-0.3, -0.25) is 4.79 Å². The Morgan fingerprint density at radius 1 is 1.24 bits per heavy atom. The number of carboxylic acids is 1. The van der Waals surface area contributed by atoms with Crippen LogP contribution in [-0.2, 0) is 22.6 Å². The Balaban J connectivity index is 1.68. The number of fused-ring (bicyclic) bond motifs is 1. The van der Waals surface area contributed by atoms with Crippen LogP contribution in [0.15, 0.2) is 24.3 Å². The molecule has 21 heavy (non-hydrogen) atoms. The molecule has 3 rings (SSSR count). The molecular formula is C16H20N2O3. The third-order valence-corrected chi connectivity index (χ3v) is 4.20. The molecule has 0 bridgehead atoms. The first-order valence-electron chi connectivity index (χ1n) is 7.47. The predicted octanol–water partition coefficient (Wildman–Crippen LogP) is 1.17. The van der Waals surface area contributed by atoms with Crippen molar-refractivity contribution in [2.75, 3.05) is 6.54 Å². The summed E-state index contributed by atoms with van der Waals surface area (Å²) in [5.41, 5.74) is 2.09. The molecule has 1 aromatic rings. The molecule has 1 amide bonds. The summed E-state index contributed by atoms with van der Waals surface area (Å²) in [6.45, 7) is 1.03. The number of rotatable bonds is 5. The van der Waals surface area contributed by atoms with Crippen LogP contribution in [-0.4, -0.2) is 40.5 Å². The van der Waals surface area contributed by atoms with Gasteiger partial charge in [0.2, 0.25) is 5.91 Å². The zero-order valence-electron chi connectivity index (χ0n) is 11.9. The van der Waals surface area contributed by atoms with E-state index in [0.717, 1.165) is 11.1 Å². The summed E-state index contributed by atoms with van der Waals surface area (Å²) in [5, 5.41) is 12.7. The largest absolute Gasteiger partial charge is 0.480 e. The molecule has 2 N–H and O–H groups in total. The van der Waals surface area contributed by atoms with E-state index < -0.39 is 12.0 Å². The Morgan fingerprint density at radius 2 is 1.95 bits per heavy atom. The van der Waals surface area contributed by atoms with Gasteiger partial charge in [-0.25, -0.2) is 4.79 Å². The standard InChI is InChI=1S/C16H20N2O3/c19-15(7-8-17-13-5-6-13)18-10-12-4-2-1-3-11(12)9-14(18)16(20)21/h1-4,13-14,17H,5-10H2,(H,20,21)/t14-/m1/s1. The van der Waals surface area contributed by atoms with E-state index in [2.05, 4.69) is 5.32 Å². The summed E-state index contributed by atoms with van der Waals surface area (Å²) in [7, 11) is 0. The minimum Gasteiger partial charge on any atom is -0.480 e. The lowest BCUT2D eigenvalue weighted by atomic mass is 9.93. The fourth-order valence-corrected chi connectivity index (χ4v) is 2.82. The molecule has 1 saturated carbocycles. The highest BCUT2D eigenvalue weighted by molar-refractivity contribution is 5.84. The first-order chi connectivity index (χ1) is 10.1. The highest BCUT2D eigenvalue weighted by atomic mass is 16.4. The number of nitrogens with zero attached hydrogens (tertiary/aromatic N) is 1. The zero-order chi connectivity index (χ0) is 14.8. The molecule has 0 unspecified atom stereocenters. The third kappa shape index (κ3) is 3.24. The number of benzene rings is 1. The Labute approximate surface area is 123 Å². The van der Waals surface area contributed by atoms with Crippen molar-refractivity contribution < 1.29 is 14.7 Å². The molecular weight excluding hydrogens is 268 g/mol. The van der Waals surface area contributed by atoms with Crippen molar-refractivity contribution in [1.82, 2.24) is 10.2 Å². The fraction of sp³-hybridized carbons (Fsp3) is 0.500. The van der Waals surface area contributed by atoms with Crippen LogP contribution in [0.1, 0.15) is 30.4 Å². The zero-order valence-corrected chi connectivity index (χ0v) is 11.9. The van der Waals surface area contributed by atoms with Gasteiger partial charge in [-0.05, 0) is 24.0 Å². The van der Waals surface area contributed by atoms with Gasteiger partial charge in [0.05, 0.1) is 0 Å². The van der Waals surface area contributed by atoms with Crippen molar-refractivity contribution in [3.05, 3.63) is 35.4 Å².